The first kappa shape index (κ1) is 25.6. The third kappa shape index (κ3) is 5.58. The van der Waals surface area contributed by atoms with Gasteiger partial charge in [0.1, 0.15) is 25.9 Å². The van der Waals surface area contributed by atoms with Gasteiger partial charge < -0.3 is 14.2 Å². The predicted molar refractivity (Wildman–Crippen MR) is 87.8 cm³/mol. The van der Waals surface area contributed by atoms with Crippen molar-refractivity contribution in [1.29, 1.82) is 0 Å². The molecule has 0 saturated carbocycles. The van der Waals surface area contributed by atoms with E-state index in [0.29, 0.717) is 0 Å². The molecule has 28 heavy (non-hydrogen) atoms. The normalized spacial score (nSPS) is 11.9. The number of thiazole rings is 1. The van der Waals surface area contributed by atoms with Crippen LogP contribution in [0.3, 0.4) is 0 Å². The van der Waals surface area contributed by atoms with E-state index in [1.165, 1.54) is 6.20 Å². The maximum Gasteiger partial charge on any atom is 1.00 e. The van der Waals surface area contributed by atoms with Crippen LogP contribution in [0.4, 0.5) is 10.8 Å². The average Bonchev–Trinajstić information content (AvgIpc) is 3.04. The molecule has 0 fully saturated rings. The minimum Gasteiger partial charge on any atom is -0.744 e. The van der Waals surface area contributed by atoms with Gasteiger partial charge in [-0.1, -0.05) is 6.07 Å². The molecule has 15 heteroatoms. The quantitative estimate of drug-likeness (QED) is 0.235. The third-order valence-electron chi connectivity index (χ3n) is 3.24. The second-order valence-corrected chi connectivity index (χ2v) is 8.48. The van der Waals surface area contributed by atoms with Gasteiger partial charge in [0.2, 0.25) is 5.13 Å². The Kier molecular flexibility index (Phi) is 8.75. The van der Waals surface area contributed by atoms with Crippen LogP contribution in [-0.4, -0.2) is 36.0 Å². The number of hydrogen-bond acceptors (Lipinski definition) is 11. The van der Waals surface area contributed by atoms with E-state index in [1.54, 1.807) is 5.38 Å². The summed E-state index contributed by atoms with van der Waals surface area (Å²) in [7, 11) is -9.93. The molecule has 1 heterocycles. The Morgan fingerprint density at radius 1 is 1.00 bits per heavy atom. The Bertz CT molecular complexity index is 1240. The van der Waals surface area contributed by atoms with Gasteiger partial charge in [-0.2, -0.15) is 0 Å². The first-order valence-corrected chi connectivity index (χ1v) is 10.3. The largest absolute Gasteiger partial charge is 1.00 e. The minimum atomic E-state index is -5.11. The standard InChI is InChI=1S/C13H9N3O7S3.2Na/c17-12-10(26(21,22)23)6-7-5-8(25(18,19)20)1-2-9(7)11(12)15-16-13-14-3-4-24-13;;/h1-6,17H,(H,18,19,20)(H,21,22,23);;/q;2*+1/p-2. The van der Waals surface area contributed by atoms with E-state index in [4.69, 9.17) is 0 Å². The van der Waals surface area contributed by atoms with E-state index in [0.717, 1.165) is 35.6 Å². The molecule has 0 saturated heterocycles. The molecule has 3 aromatic rings. The van der Waals surface area contributed by atoms with Crippen LogP contribution in [0.15, 0.2) is 55.9 Å². The van der Waals surface area contributed by atoms with E-state index in [1.807, 2.05) is 0 Å². The molecule has 0 aliphatic heterocycles. The van der Waals surface area contributed by atoms with E-state index < -0.39 is 35.8 Å². The number of nitrogens with zero attached hydrogens (tertiary/aromatic N) is 3. The number of aromatic nitrogens is 1. The first-order chi connectivity index (χ1) is 12.1. The molecule has 0 unspecified atom stereocenters. The molecule has 0 bridgehead atoms. The van der Waals surface area contributed by atoms with Crippen LogP contribution in [0.5, 0.6) is 5.75 Å². The number of fused-ring (bicyclic) bond motifs is 1. The molecular weight excluding hydrogens is 452 g/mol. The van der Waals surface area contributed by atoms with Crippen molar-refractivity contribution in [3.63, 3.8) is 0 Å². The zero-order chi connectivity index (χ0) is 19.1. The third-order valence-corrected chi connectivity index (χ3v) is 5.57. The van der Waals surface area contributed by atoms with Gasteiger partial charge in [-0.15, -0.1) is 21.6 Å². The van der Waals surface area contributed by atoms with Crippen molar-refractivity contribution in [3.05, 3.63) is 35.8 Å². The summed E-state index contributed by atoms with van der Waals surface area (Å²) in [6.45, 7) is 0. The Balaban J connectivity index is 0.00000196. The van der Waals surface area contributed by atoms with Gasteiger partial charge in [-0.25, -0.2) is 21.8 Å². The molecule has 1 aromatic heterocycles. The predicted octanol–water partition coefficient (Wildman–Crippen LogP) is -3.77. The Morgan fingerprint density at radius 3 is 2.21 bits per heavy atom. The van der Waals surface area contributed by atoms with Crippen molar-refractivity contribution >= 4 is 53.2 Å². The molecule has 0 aliphatic carbocycles. The van der Waals surface area contributed by atoms with Crippen LogP contribution >= 0.6 is 11.3 Å². The number of benzene rings is 2. The number of phenolic OH excluding ortho intramolecular Hbond substituents is 1. The van der Waals surface area contributed by atoms with Crippen molar-refractivity contribution in [3.8, 4) is 5.75 Å². The monoisotopic (exact) mass is 459 g/mol. The van der Waals surface area contributed by atoms with Crippen LogP contribution < -0.4 is 59.1 Å². The van der Waals surface area contributed by atoms with Crippen molar-refractivity contribution in [2.75, 3.05) is 0 Å². The van der Waals surface area contributed by atoms with Crippen molar-refractivity contribution in [2.24, 2.45) is 10.2 Å². The molecule has 0 spiro atoms. The first-order valence-electron chi connectivity index (χ1n) is 6.60. The van der Waals surface area contributed by atoms with Crippen LogP contribution in [0.1, 0.15) is 0 Å². The van der Waals surface area contributed by atoms with Gasteiger partial charge in [-0.05, 0) is 23.6 Å². The fraction of sp³-hybridized carbons (Fsp3) is 0. The Labute approximate surface area is 207 Å². The van der Waals surface area contributed by atoms with Crippen molar-refractivity contribution < 1.29 is 90.2 Å². The molecule has 0 atom stereocenters. The van der Waals surface area contributed by atoms with E-state index >= 15 is 0 Å². The van der Waals surface area contributed by atoms with Gasteiger partial charge in [0.15, 0.2) is 5.75 Å². The zero-order valence-electron chi connectivity index (χ0n) is 14.4. The second kappa shape index (κ2) is 9.57. The summed E-state index contributed by atoms with van der Waals surface area (Å²) in [6, 6.07) is 3.77. The summed E-state index contributed by atoms with van der Waals surface area (Å²) in [5.41, 5.74) is -0.373. The molecule has 136 valence electrons. The molecule has 0 radical (unpaired) electrons. The van der Waals surface area contributed by atoms with Gasteiger partial charge in [0.25, 0.3) is 0 Å². The number of rotatable bonds is 4. The summed E-state index contributed by atoms with van der Waals surface area (Å²) >= 11 is 1.12. The topological polar surface area (TPSA) is 172 Å². The van der Waals surface area contributed by atoms with E-state index in [2.05, 4.69) is 15.2 Å². The van der Waals surface area contributed by atoms with E-state index in [-0.39, 0.29) is 80.7 Å². The van der Waals surface area contributed by atoms with Crippen LogP contribution in [-0.2, 0) is 20.2 Å². The zero-order valence-corrected chi connectivity index (χ0v) is 20.9. The Morgan fingerprint density at radius 2 is 1.68 bits per heavy atom. The summed E-state index contributed by atoms with van der Waals surface area (Å²) in [4.78, 5) is 2.19. The maximum absolute atomic E-state index is 11.4. The molecular formula is C13H7N3Na2O7S3. The molecule has 10 nitrogen and oxygen atoms in total. The van der Waals surface area contributed by atoms with E-state index in [9.17, 15) is 31.0 Å². The fourth-order valence-corrected chi connectivity index (χ4v) is 3.70. The molecule has 0 aliphatic rings. The van der Waals surface area contributed by atoms with Gasteiger partial charge in [-0.3, -0.25) is 0 Å². The van der Waals surface area contributed by atoms with Crippen LogP contribution in [0.25, 0.3) is 10.8 Å². The fourth-order valence-electron chi connectivity index (χ4n) is 2.14. The Hall–Kier alpha value is -0.450. The summed E-state index contributed by atoms with van der Waals surface area (Å²) in [5.74, 6) is -0.939. The molecule has 1 N–H and O–H groups in total. The summed E-state index contributed by atoms with van der Waals surface area (Å²) in [5, 5.41) is 19.4. The molecule has 3 rings (SSSR count). The number of aromatic hydroxyl groups is 1. The minimum absolute atomic E-state index is 0. The summed E-state index contributed by atoms with van der Waals surface area (Å²) < 4.78 is 67.6. The van der Waals surface area contributed by atoms with Gasteiger partial charge in [0.05, 0.1) is 9.79 Å². The molecule has 2 aromatic carbocycles. The van der Waals surface area contributed by atoms with Gasteiger partial charge >= 0.3 is 59.1 Å². The average molecular weight is 459 g/mol. The molecule has 0 amide bonds. The SMILES string of the molecule is O=S(=O)([O-])c1ccc2c(N=Nc3nccs3)c(O)c(S(=O)(=O)[O-])cc2c1.[Na+].[Na+]. The number of azo groups is 1. The van der Waals surface area contributed by atoms with Crippen LogP contribution in [0, 0.1) is 0 Å². The number of phenols is 1. The second-order valence-electron chi connectivity index (χ2n) is 4.88. The smallest absolute Gasteiger partial charge is 0.744 e. The van der Waals surface area contributed by atoms with Crippen LogP contribution in [0.2, 0.25) is 0 Å². The summed E-state index contributed by atoms with van der Waals surface area (Å²) in [6.07, 6.45) is 1.45. The maximum atomic E-state index is 11.4. The van der Waals surface area contributed by atoms with Crippen molar-refractivity contribution in [2.45, 2.75) is 9.79 Å². The number of hydrogen-bond donors (Lipinski definition) is 1. The van der Waals surface area contributed by atoms with Gasteiger partial charge in [0, 0.05) is 17.0 Å². The van der Waals surface area contributed by atoms with Crippen molar-refractivity contribution in [1.82, 2.24) is 4.98 Å².